The zero-order valence-electron chi connectivity index (χ0n) is 11.4. The van der Waals surface area contributed by atoms with Gasteiger partial charge in [-0.2, -0.15) is 0 Å². The van der Waals surface area contributed by atoms with E-state index in [0.717, 1.165) is 19.5 Å². The standard InChI is InChI=1S/C15H22ClNO/c1-4-10-17(12(2)3)11-9-15(18)13-7-5-6-8-14(13)16/h5-8,12H,4,9-11H2,1-3H3. The summed E-state index contributed by atoms with van der Waals surface area (Å²) in [5, 5.41) is 0.550. The molecular weight excluding hydrogens is 246 g/mol. The second-order valence-electron chi connectivity index (χ2n) is 4.78. The molecule has 1 aromatic rings. The Kier molecular flexibility index (Phi) is 6.37. The average Bonchev–Trinajstić information content (AvgIpc) is 2.34. The van der Waals surface area contributed by atoms with E-state index in [1.807, 2.05) is 12.1 Å². The highest BCUT2D eigenvalue weighted by molar-refractivity contribution is 6.33. The maximum atomic E-state index is 12.1. The van der Waals surface area contributed by atoms with Gasteiger partial charge in [0.1, 0.15) is 0 Å². The summed E-state index contributed by atoms with van der Waals surface area (Å²) in [6.07, 6.45) is 1.64. The van der Waals surface area contributed by atoms with E-state index >= 15 is 0 Å². The molecule has 0 aliphatic rings. The molecule has 18 heavy (non-hydrogen) atoms. The summed E-state index contributed by atoms with van der Waals surface area (Å²) < 4.78 is 0. The van der Waals surface area contributed by atoms with E-state index < -0.39 is 0 Å². The number of carbonyl (C=O) groups excluding carboxylic acids is 1. The SMILES string of the molecule is CCCN(CCC(=O)c1ccccc1Cl)C(C)C. The minimum Gasteiger partial charge on any atom is -0.300 e. The van der Waals surface area contributed by atoms with Crippen molar-refractivity contribution >= 4 is 17.4 Å². The van der Waals surface area contributed by atoms with E-state index in [1.165, 1.54) is 0 Å². The number of rotatable bonds is 7. The third-order valence-corrected chi connectivity index (χ3v) is 3.37. The van der Waals surface area contributed by atoms with Crippen molar-refractivity contribution in [3.63, 3.8) is 0 Å². The quantitative estimate of drug-likeness (QED) is 0.695. The molecule has 1 aromatic carbocycles. The van der Waals surface area contributed by atoms with Crippen LogP contribution in [0.1, 0.15) is 44.0 Å². The number of nitrogens with zero attached hydrogens (tertiary/aromatic N) is 1. The van der Waals surface area contributed by atoms with Crippen molar-refractivity contribution in [1.82, 2.24) is 4.90 Å². The van der Waals surface area contributed by atoms with Gasteiger partial charge in [0.15, 0.2) is 5.78 Å². The van der Waals surface area contributed by atoms with Crippen LogP contribution >= 0.6 is 11.6 Å². The first-order valence-electron chi connectivity index (χ1n) is 6.58. The fourth-order valence-corrected chi connectivity index (χ4v) is 2.22. The van der Waals surface area contributed by atoms with Crippen LogP contribution in [0.2, 0.25) is 5.02 Å². The summed E-state index contributed by atoms with van der Waals surface area (Å²) in [5.41, 5.74) is 0.638. The first-order valence-corrected chi connectivity index (χ1v) is 6.95. The first-order chi connectivity index (χ1) is 8.56. The Morgan fingerprint density at radius 2 is 1.94 bits per heavy atom. The summed E-state index contributed by atoms with van der Waals surface area (Å²) in [6.45, 7) is 8.32. The highest BCUT2D eigenvalue weighted by Crippen LogP contribution is 2.17. The molecule has 0 fully saturated rings. The van der Waals surface area contributed by atoms with Crippen molar-refractivity contribution in [2.24, 2.45) is 0 Å². The Balaban J connectivity index is 2.58. The van der Waals surface area contributed by atoms with Gasteiger partial charge in [0, 0.05) is 24.6 Å². The smallest absolute Gasteiger partial charge is 0.165 e. The van der Waals surface area contributed by atoms with Crippen LogP contribution in [0.3, 0.4) is 0 Å². The van der Waals surface area contributed by atoms with Crippen LogP contribution in [0, 0.1) is 0 Å². The lowest BCUT2D eigenvalue weighted by molar-refractivity contribution is 0.0956. The predicted molar refractivity (Wildman–Crippen MR) is 77.4 cm³/mol. The largest absolute Gasteiger partial charge is 0.300 e. The number of ketones is 1. The van der Waals surface area contributed by atoms with Gasteiger partial charge in [0.25, 0.3) is 0 Å². The van der Waals surface area contributed by atoms with E-state index in [0.29, 0.717) is 23.0 Å². The zero-order chi connectivity index (χ0) is 13.5. The molecule has 0 saturated carbocycles. The molecule has 0 saturated heterocycles. The maximum absolute atomic E-state index is 12.1. The molecule has 1 rings (SSSR count). The Morgan fingerprint density at radius 1 is 1.28 bits per heavy atom. The number of benzene rings is 1. The van der Waals surface area contributed by atoms with Crippen molar-refractivity contribution in [3.8, 4) is 0 Å². The average molecular weight is 268 g/mol. The van der Waals surface area contributed by atoms with Crippen LogP contribution in [0.15, 0.2) is 24.3 Å². The van der Waals surface area contributed by atoms with Gasteiger partial charge in [-0.05, 0) is 38.9 Å². The monoisotopic (exact) mass is 267 g/mol. The van der Waals surface area contributed by atoms with Gasteiger partial charge in [0.2, 0.25) is 0 Å². The molecule has 0 heterocycles. The van der Waals surface area contributed by atoms with Crippen LogP contribution in [-0.4, -0.2) is 29.8 Å². The summed E-state index contributed by atoms with van der Waals surface area (Å²) in [7, 11) is 0. The lowest BCUT2D eigenvalue weighted by atomic mass is 10.1. The molecule has 0 bridgehead atoms. The topological polar surface area (TPSA) is 20.3 Å². The Hall–Kier alpha value is -0.860. The summed E-state index contributed by atoms with van der Waals surface area (Å²) in [5.74, 6) is 0.127. The van der Waals surface area contributed by atoms with Crippen LogP contribution in [0.25, 0.3) is 0 Å². The second kappa shape index (κ2) is 7.55. The Labute approximate surface area is 115 Å². The van der Waals surface area contributed by atoms with Gasteiger partial charge in [0.05, 0.1) is 5.02 Å². The third kappa shape index (κ3) is 4.43. The van der Waals surface area contributed by atoms with Gasteiger partial charge in [-0.15, -0.1) is 0 Å². The Morgan fingerprint density at radius 3 is 2.50 bits per heavy atom. The van der Waals surface area contributed by atoms with Crippen molar-refractivity contribution in [1.29, 1.82) is 0 Å². The molecule has 0 aliphatic heterocycles. The van der Waals surface area contributed by atoms with Gasteiger partial charge >= 0.3 is 0 Å². The van der Waals surface area contributed by atoms with Crippen molar-refractivity contribution < 1.29 is 4.79 Å². The molecule has 100 valence electrons. The molecule has 0 aliphatic carbocycles. The van der Waals surface area contributed by atoms with Gasteiger partial charge < -0.3 is 4.90 Å². The van der Waals surface area contributed by atoms with Gasteiger partial charge in [-0.3, -0.25) is 4.79 Å². The molecule has 0 radical (unpaired) electrons. The van der Waals surface area contributed by atoms with Crippen molar-refractivity contribution in [2.45, 2.75) is 39.7 Å². The fourth-order valence-electron chi connectivity index (χ4n) is 1.98. The zero-order valence-corrected chi connectivity index (χ0v) is 12.2. The summed E-state index contributed by atoms with van der Waals surface area (Å²) in [6, 6.07) is 7.73. The van der Waals surface area contributed by atoms with E-state index in [4.69, 9.17) is 11.6 Å². The Bertz CT molecular complexity index is 390. The number of carbonyl (C=O) groups is 1. The molecular formula is C15H22ClNO. The number of hydrogen-bond donors (Lipinski definition) is 0. The summed E-state index contributed by atoms with van der Waals surface area (Å²) in [4.78, 5) is 14.4. The molecule has 0 aromatic heterocycles. The molecule has 0 atom stereocenters. The van der Waals surface area contributed by atoms with E-state index in [1.54, 1.807) is 12.1 Å². The third-order valence-electron chi connectivity index (χ3n) is 3.04. The minimum atomic E-state index is 0.127. The maximum Gasteiger partial charge on any atom is 0.165 e. The lowest BCUT2D eigenvalue weighted by Crippen LogP contribution is -2.33. The number of hydrogen-bond acceptors (Lipinski definition) is 2. The van der Waals surface area contributed by atoms with E-state index in [-0.39, 0.29) is 5.78 Å². The lowest BCUT2D eigenvalue weighted by Gasteiger charge is -2.25. The van der Waals surface area contributed by atoms with Crippen LogP contribution in [0.4, 0.5) is 0 Å². The summed E-state index contributed by atoms with van der Waals surface area (Å²) >= 11 is 6.02. The normalized spacial score (nSPS) is 11.2. The highest BCUT2D eigenvalue weighted by atomic mass is 35.5. The second-order valence-corrected chi connectivity index (χ2v) is 5.19. The minimum absolute atomic E-state index is 0.127. The van der Waals surface area contributed by atoms with Crippen molar-refractivity contribution in [2.75, 3.05) is 13.1 Å². The predicted octanol–water partition coefficient (Wildman–Crippen LogP) is 4.03. The molecule has 0 spiro atoms. The first kappa shape index (κ1) is 15.2. The fraction of sp³-hybridized carbons (Fsp3) is 0.533. The highest BCUT2D eigenvalue weighted by Gasteiger charge is 2.13. The van der Waals surface area contributed by atoms with E-state index in [2.05, 4.69) is 25.7 Å². The van der Waals surface area contributed by atoms with Crippen LogP contribution in [-0.2, 0) is 0 Å². The number of halogens is 1. The molecule has 0 unspecified atom stereocenters. The van der Waals surface area contributed by atoms with Crippen molar-refractivity contribution in [3.05, 3.63) is 34.9 Å². The molecule has 2 nitrogen and oxygen atoms in total. The number of Topliss-reactive ketones (excluding diaryl/α,β-unsaturated/α-hetero) is 1. The van der Waals surface area contributed by atoms with Gasteiger partial charge in [-0.1, -0.05) is 30.7 Å². The van der Waals surface area contributed by atoms with Crippen LogP contribution < -0.4 is 0 Å². The van der Waals surface area contributed by atoms with E-state index in [9.17, 15) is 4.79 Å². The van der Waals surface area contributed by atoms with Gasteiger partial charge in [-0.25, -0.2) is 0 Å². The molecule has 0 N–H and O–H groups in total. The molecule has 0 amide bonds. The molecule has 3 heteroatoms. The van der Waals surface area contributed by atoms with Crippen LogP contribution in [0.5, 0.6) is 0 Å².